The zero-order chi connectivity index (χ0) is 15.2. The number of likely N-dealkylation sites (N-methyl/N-ethyl adjacent to an activating group) is 1. The lowest BCUT2D eigenvalue weighted by Crippen LogP contribution is -2.34. The molecule has 0 heterocycles. The Hall–Kier alpha value is -0.740. The van der Waals surface area contributed by atoms with E-state index in [4.69, 9.17) is 4.74 Å². The highest BCUT2D eigenvalue weighted by Crippen LogP contribution is 2.26. The van der Waals surface area contributed by atoms with Gasteiger partial charge in [-0.1, -0.05) is 39.8 Å². The molecule has 1 N–H and O–H groups in total. The van der Waals surface area contributed by atoms with Crippen LogP contribution >= 0.6 is 11.8 Å². The van der Waals surface area contributed by atoms with E-state index in [0.29, 0.717) is 17.7 Å². The molecule has 0 fully saturated rings. The summed E-state index contributed by atoms with van der Waals surface area (Å²) >= 11 is 1.90. The molecule has 2 nitrogen and oxygen atoms in total. The van der Waals surface area contributed by atoms with E-state index < -0.39 is 0 Å². The van der Waals surface area contributed by atoms with E-state index in [-0.39, 0.29) is 16.6 Å². The molecule has 0 spiro atoms. The average Bonchev–Trinajstić information content (AvgIpc) is 2.37. The van der Waals surface area contributed by atoms with Crippen LogP contribution in [0, 0.1) is 5.82 Å². The lowest BCUT2D eigenvalue weighted by molar-refractivity contribution is 0.383. The molecule has 0 saturated heterocycles. The van der Waals surface area contributed by atoms with E-state index in [9.17, 15) is 4.39 Å². The van der Waals surface area contributed by atoms with Crippen molar-refractivity contribution in [1.29, 1.82) is 0 Å². The van der Waals surface area contributed by atoms with Gasteiger partial charge in [0.15, 0.2) is 11.6 Å². The van der Waals surface area contributed by atoms with Crippen LogP contribution in [0.3, 0.4) is 0 Å². The summed E-state index contributed by atoms with van der Waals surface area (Å²) in [6, 6.07) is 5.61. The van der Waals surface area contributed by atoms with Gasteiger partial charge in [-0.2, -0.15) is 11.8 Å². The molecule has 114 valence electrons. The first-order valence-corrected chi connectivity index (χ1v) is 8.04. The van der Waals surface area contributed by atoms with Crippen LogP contribution in [-0.4, -0.2) is 30.2 Å². The largest absolute Gasteiger partial charge is 0.494 e. The van der Waals surface area contributed by atoms with Gasteiger partial charge in [-0.15, -0.1) is 0 Å². The molecule has 0 saturated carbocycles. The summed E-state index contributed by atoms with van der Waals surface area (Å²) in [5.41, 5.74) is 0.713. The number of hydrogen-bond donors (Lipinski definition) is 1. The van der Waals surface area contributed by atoms with E-state index >= 15 is 0 Å². The number of hydrogen-bond acceptors (Lipinski definition) is 3. The quantitative estimate of drug-likeness (QED) is 0.825. The third-order valence-electron chi connectivity index (χ3n) is 2.94. The summed E-state index contributed by atoms with van der Waals surface area (Å²) < 4.78 is 19.5. The Labute approximate surface area is 126 Å². The highest BCUT2D eigenvalue weighted by Gasteiger charge is 2.18. The molecule has 20 heavy (non-hydrogen) atoms. The summed E-state index contributed by atoms with van der Waals surface area (Å²) in [7, 11) is 1.50. The normalized spacial score (nSPS) is 13.3. The molecule has 1 aromatic rings. The van der Waals surface area contributed by atoms with Crippen molar-refractivity contribution in [3.8, 4) is 5.75 Å². The second-order valence-electron chi connectivity index (χ2n) is 5.82. The molecule has 1 unspecified atom stereocenters. The molecule has 1 rings (SSSR count). The first-order chi connectivity index (χ1) is 9.37. The van der Waals surface area contributed by atoms with Crippen LogP contribution in [0.5, 0.6) is 5.75 Å². The van der Waals surface area contributed by atoms with Crippen LogP contribution in [-0.2, 0) is 6.42 Å². The van der Waals surface area contributed by atoms with Crippen LogP contribution in [0.1, 0.15) is 33.3 Å². The molecule has 4 heteroatoms. The predicted molar refractivity (Wildman–Crippen MR) is 86.3 cm³/mol. The summed E-state index contributed by atoms with van der Waals surface area (Å²) in [5, 5.41) is 3.44. The minimum atomic E-state index is -0.237. The van der Waals surface area contributed by atoms with Crippen molar-refractivity contribution in [3.63, 3.8) is 0 Å². The summed E-state index contributed by atoms with van der Waals surface area (Å²) in [6.45, 7) is 9.57. The Kier molecular flexibility index (Phi) is 6.83. The fourth-order valence-electron chi connectivity index (χ4n) is 1.97. The SMILES string of the molecule is CCNC(CSC(C)(C)C)Cc1cccc(OC)c1F. The Bertz CT molecular complexity index is 417. The topological polar surface area (TPSA) is 21.3 Å². The van der Waals surface area contributed by atoms with Gasteiger partial charge in [0.1, 0.15) is 0 Å². The number of benzene rings is 1. The maximum absolute atomic E-state index is 14.2. The minimum Gasteiger partial charge on any atom is -0.494 e. The van der Waals surface area contributed by atoms with Crippen LogP contribution in [0.25, 0.3) is 0 Å². The molecule has 0 radical (unpaired) electrons. The van der Waals surface area contributed by atoms with E-state index in [1.54, 1.807) is 6.07 Å². The maximum atomic E-state index is 14.2. The van der Waals surface area contributed by atoms with Gasteiger partial charge in [0.25, 0.3) is 0 Å². The number of rotatable bonds is 7. The van der Waals surface area contributed by atoms with Gasteiger partial charge in [0.2, 0.25) is 0 Å². The van der Waals surface area contributed by atoms with Crippen molar-refractivity contribution in [2.75, 3.05) is 19.4 Å². The molecule has 1 atom stereocenters. The van der Waals surface area contributed by atoms with Gasteiger partial charge in [-0.3, -0.25) is 0 Å². The zero-order valence-corrected chi connectivity index (χ0v) is 13.9. The first kappa shape index (κ1) is 17.3. The zero-order valence-electron chi connectivity index (χ0n) is 13.1. The van der Waals surface area contributed by atoms with Crippen LogP contribution in [0.15, 0.2) is 18.2 Å². The van der Waals surface area contributed by atoms with Crippen molar-refractivity contribution in [2.24, 2.45) is 0 Å². The van der Waals surface area contributed by atoms with Crippen LogP contribution in [0.2, 0.25) is 0 Å². The van der Waals surface area contributed by atoms with Gasteiger partial charge >= 0.3 is 0 Å². The van der Waals surface area contributed by atoms with Crippen molar-refractivity contribution >= 4 is 11.8 Å². The highest BCUT2D eigenvalue weighted by molar-refractivity contribution is 8.00. The van der Waals surface area contributed by atoms with Crippen LogP contribution in [0.4, 0.5) is 4.39 Å². The smallest absolute Gasteiger partial charge is 0.168 e. The third-order valence-corrected chi connectivity index (χ3v) is 4.37. The van der Waals surface area contributed by atoms with Crippen molar-refractivity contribution in [1.82, 2.24) is 5.32 Å². The monoisotopic (exact) mass is 299 g/mol. The fourth-order valence-corrected chi connectivity index (χ4v) is 2.90. The minimum absolute atomic E-state index is 0.223. The second kappa shape index (κ2) is 7.89. The molecule has 0 aliphatic heterocycles. The van der Waals surface area contributed by atoms with Crippen molar-refractivity contribution in [3.05, 3.63) is 29.6 Å². The second-order valence-corrected chi connectivity index (χ2v) is 7.66. The third kappa shape index (κ3) is 5.71. The van der Waals surface area contributed by atoms with Gasteiger partial charge in [-0.25, -0.2) is 4.39 Å². The standard InChI is InChI=1S/C16H26FNOS/c1-6-18-13(11-20-16(2,3)4)10-12-8-7-9-14(19-5)15(12)17/h7-9,13,18H,6,10-11H2,1-5H3. The first-order valence-electron chi connectivity index (χ1n) is 7.06. The summed E-state index contributed by atoms with van der Waals surface area (Å²) in [4.78, 5) is 0. The van der Waals surface area contributed by atoms with Crippen molar-refractivity contribution in [2.45, 2.75) is 44.9 Å². The van der Waals surface area contributed by atoms with Crippen molar-refractivity contribution < 1.29 is 9.13 Å². The van der Waals surface area contributed by atoms with E-state index in [1.165, 1.54) is 7.11 Å². The van der Waals surface area contributed by atoms with Gasteiger partial charge < -0.3 is 10.1 Å². The van der Waals surface area contributed by atoms with E-state index in [2.05, 4.69) is 33.0 Å². The Morgan fingerprint density at radius 1 is 1.35 bits per heavy atom. The lowest BCUT2D eigenvalue weighted by Gasteiger charge is -2.24. The summed E-state index contributed by atoms with van der Waals surface area (Å²) in [5.74, 6) is 1.05. The average molecular weight is 299 g/mol. The predicted octanol–water partition coefficient (Wildman–Crippen LogP) is 3.89. The molecule has 0 aromatic heterocycles. The number of nitrogens with one attached hydrogen (secondary N) is 1. The number of thioether (sulfide) groups is 1. The molecule has 0 aliphatic rings. The highest BCUT2D eigenvalue weighted by atomic mass is 32.2. The van der Waals surface area contributed by atoms with Gasteiger partial charge in [-0.05, 0) is 24.6 Å². The summed E-state index contributed by atoms with van der Waals surface area (Å²) in [6.07, 6.45) is 0.681. The Morgan fingerprint density at radius 2 is 2.05 bits per heavy atom. The molecule has 0 amide bonds. The molecule has 0 bridgehead atoms. The molecule has 0 aliphatic carbocycles. The van der Waals surface area contributed by atoms with Crippen LogP contribution < -0.4 is 10.1 Å². The molecule has 1 aromatic carbocycles. The Balaban J connectivity index is 2.75. The maximum Gasteiger partial charge on any atom is 0.168 e. The van der Waals surface area contributed by atoms with Gasteiger partial charge in [0.05, 0.1) is 7.11 Å². The van der Waals surface area contributed by atoms with E-state index in [1.807, 2.05) is 23.9 Å². The van der Waals surface area contributed by atoms with Gasteiger partial charge in [0, 0.05) is 16.5 Å². The lowest BCUT2D eigenvalue weighted by atomic mass is 10.1. The Morgan fingerprint density at radius 3 is 2.60 bits per heavy atom. The molecular formula is C16H26FNOS. The number of ether oxygens (including phenoxy) is 1. The van der Waals surface area contributed by atoms with E-state index in [0.717, 1.165) is 12.3 Å². The number of halogens is 1. The fraction of sp³-hybridized carbons (Fsp3) is 0.625. The number of methoxy groups -OCH3 is 1. The molecular weight excluding hydrogens is 273 g/mol.